The topological polar surface area (TPSA) is 39.4 Å². The number of halogens is 2. The quantitative estimate of drug-likeness (QED) is 0.426. The third kappa shape index (κ3) is 4.84. The number of hydrogen-bond donors (Lipinski definition) is 0. The maximum absolute atomic E-state index is 15.2. The summed E-state index contributed by atoms with van der Waals surface area (Å²) in [6.45, 7) is 4.30. The van der Waals surface area contributed by atoms with Gasteiger partial charge in [-0.05, 0) is 49.3 Å². The van der Waals surface area contributed by atoms with Gasteiger partial charge in [0, 0.05) is 12.0 Å². The lowest BCUT2D eigenvalue weighted by Crippen LogP contribution is -2.21. The second-order valence-electron chi connectivity index (χ2n) is 7.13. The summed E-state index contributed by atoms with van der Waals surface area (Å²) in [4.78, 5) is 12.5. The number of aryl methyl sites for hydroxylation is 2. The number of unbranched alkanes of at least 4 members (excludes halogenated alkanes) is 1. The lowest BCUT2D eigenvalue weighted by atomic mass is 9.95. The first-order chi connectivity index (χ1) is 14.0. The summed E-state index contributed by atoms with van der Waals surface area (Å²) in [5.41, 5.74) is 0.491. The van der Waals surface area contributed by atoms with Crippen LogP contribution in [-0.2, 0) is 18.8 Å². The summed E-state index contributed by atoms with van der Waals surface area (Å²) in [5.74, 6) is -3.20. The molecular formula is C24H26F2O3. The molecule has 0 radical (unpaired) electrons. The Balaban J connectivity index is 2.04. The van der Waals surface area contributed by atoms with E-state index >= 15 is 8.78 Å². The molecule has 0 bridgehead atoms. The van der Waals surface area contributed by atoms with Crippen LogP contribution in [0.4, 0.5) is 8.78 Å². The Morgan fingerprint density at radius 2 is 1.76 bits per heavy atom. The minimum Gasteiger partial charge on any atom is -0.494 e. The van der Waals surface area contributed by atoms with E-state index in [1.807, 2.05) is 44.2 Å². The van der Waals surface area contributed by atoms with Crippen molar-refractivity contribution < 1.29 is 17.9 Å². The van der Waals surface area contributed by atoms with Crippen LogP contribution in [0.5, 0.6) is 5.75 Å². The molecule has 154 valence electrons. The highest BCUT2D eigenvalue weighted by Gasteiger charge is 2.38. The summed E-state index contributed by atoms with van der Waals surface area (Å²) < 4.78 is 41.1. The number of hydrogen-bond acceptors (Lipinski definition) is 3. The SMILES string of the molecule is CCCCc1c(C(F)(F)CCc2ccccc2)oc(=O)c2cc(OCC)ccc12. The predicted molar refractivity (Wildman–Crippen MR) is 111 cm³/mol. The highest BCUT2D eigenvalue weighted by Crippen LogP contribution is 2.38. The molecule has 0 spiro atoms. The van der Waals surface area contributed by atoms with E-state index < -0.39 is 23.7 Å². The van der Waals surface area contributed by atoms with Crippen molar-refractivity contribution in [3.05, 3.63) is 75.8 Å². The van der Waals surface area contributed by atoms with Crippen LogP contribution in [0, 0.1) is 0 Å². The van der Waals surface area contributed by atoms with Crippen molar-refractivity contribution in [2.75, 3.05) is 6.61 Å². The molecule has 0 saturated heterocycles. The molecular weight excluding hydrogens is 374 g/mol. The van der Waals surface area contributed by atoms with Gasteiger partial charge in [-0.25, -0.2) is 4.79 Å². The second kappa shape index (κ2) is 9.21. The van der Waals surface area contributed by atoms with Gasteiger partial charge in [-0.3, -0.25) is 0 Å². The fraction of sp³-hybridized carbons (Fsp3) is 0.375. The molecule has 0 fully saturated rings. The number of benzene rings is 2. The van der Waals surface area contributed by atoms with Gasteiger partial charge in [0.15, 0.2) is 5.76 Å². The Labute approximate surface area is 169 Å². The maximum Gasteiger partial charge on any atom is 0.344 e. The van der Waals surface area contributed by atoms with Crippen LogP contribution in [0.3, 0.4) is 0 Å². The van der Waals surface area contributed by atoms with Crippen molar-refractivity contribution in [2.45, 2.75) is 51.9 Å². The Morgan fingerprint density at radius 1 is 1.00 bits per heavy atom. The molecule has 0 atom stereocenters. The molecule has 0 aliphatic rings. The molecule has 3 rings (SSSR count). The zero-order chi connectivity index (χ0) is 20.9. The van der Waals surface area contributed by atoms with E-state index in [2.05, 4.69) is 0 Å². The average molecular weight is 400 g/mol. The molecule has 0 aliphatic heterocycles. The van der Waals surface area contributed by atoms with Gasteiger partial charge in [-0.2, -0.15) is 8.78 Å². The largest absolute Gasteiger partial charge is 0.494 e. The van der Waals surface area contributed by atoms with Crippen LogP contribution < -0.4 is 10.4 Å². The number of ether oxygens (including phenoxy) is 1. The van der Waals surface area contributed by atoms with Crippen LogP contribution in [0.25, 0.3) is 10.8 Å². The van der Waals surface area contributed by atoms with Gasteiger partial charge < -0.3 is 9.15 Å². The van der Waals surface area contributed by atoms with Gasteiger partial charge >= 0.3 is 11.5 Å². The average Bonchev–Trinajstić information content (AvgIpc) is 2.73. The first kappa shape index (κ1) is 21.0. The van der Waals surface area contributed by atoms with Crippen LogP contribution in [0.1, 0.15) is 50.0 Å². The lowest BCUT2D eigenvalue weighted by Gasteiger charge is -2.20. The molecule has 0 unspecified atom stereocenters. The monoisotopic (exact) mass is 400 g/mol. The van der Waals surface area contributed by atoms with Crippen molar-refractivity contribution in [3.63, 3.8) is 0 Å². The zero-order valence-electron chi connectivity index (χ0n) is 16.8. The highest BCUT2D eigenvalue weighted by molar-refractivity contribution is 5.86. The molecule has 0 amide bonds. The summed E-state index contributed by atoms with van der Waals surface area (Å²) in [5, 5.41) is 0.803. The summed E-state index contributed by atoms with van der Waals surface area (Å²) in [6.07, 6.45) is 1.80. The molecule has 1 aromatic heterocycles. The molecule has 3 aromatic rings. The van der Waals surface area contributed by atoms with Crippen molar-refractivity contribution in [3.8, 4) is 5.75 Å². The molecule has 2 aromatic carbocycles. The summed E-state index contributed by atoms with van der Waals surface area (Å²) >= 11 is 0. The smallest absolute Gasteiger partial charge is 0.344 e. The molecule has 5 heteroatoms. The van der Waals surface area contributed by atoms with Gasteiger partial charge in [0.05, 0.1) is 12.0 Å². The minimum absolute atomic E-state index is 0.200. The fourth-order valence-electron chi connectivity index (χ4n) is 3.50. The third-order valence-corrected chi connectivity index (χ3v) is 5.00. The number of alkyl halides is 2. The normalized spacial score (nSPS) is 11.7. The number of rotatable bonds is 9. The summed E-state index contributed by atoms with van der Waals surface area (Å²) in [6, 6.07) is 14.1. The number of fused-ring (bicyclic) bond motifs is 1. The fourth-order valence-corrected chi connectivity index (χ4v) is 3.50. The van der Waals surface area contributed by atoms with Crippen molar-refractivity contribution in [1.82, 2.24) is 0 Å². The Hall–Kier alpha value is -2.69. The first-order valence-electron chi connectivity index (χ1n) is 10.1. The van der Waals surface area contributed by atoms with Crippen molar-refractivity contribution in [1.29, 1.82) is 0 Å². The lowest BCUT2D eigenvalue weighted by molar-refractivity contribution is -0.0371. The Bertz CT molecular complexity index is 1010. The van der Waals surface area contributed by atoms with Gasteiger partial charge in [-0.1, -0.05) is 49.7 Å². The van der Waals surface area contributed by atoms with Crippen LogP contribution in [0.15, 0.2) is 57.7 Å². The standard InChI is InChI=1S/C24H26F2O3/c1-3-5-11-20-19-13-12-18(28-4-2)16-21(19)23(27)29-22(20)24(25,26)15-14-17-9-7-6-8-10-17/h6-10,12-13,16H,3-5,11,14-15H2,1-2H3. The molecule has 1 heterocycles. The first-order valence-corrected chi connectivity index (χ1v) is 10.1. The van der Waals surface area contributed by atoms with E-state index in [9.17, 15) is 4.79 Å². The van der Waals surface area contributed by atoms with E-state index in [1.54, 1.807) is 18.2 Å². The van der Waals surface area contributed by atoms with Crippen molar-refractivity contribution in [2.24, 2.45) is 0 Å². The van der Waals surface area contributed by atoms with Crippen LogP contribution in [0.2, 0.25) is 0 Å². The van der Waals surface area contributed by atoms with Gasteiger partial charge in [0.25, 0.3) is 0 Å². The highest BCUT2D eigenvalue weighted by atomic mass is 19.3. The molecule has 0 N–H and O–H groups in total. The van der Waals surface area contributed by atoms with Gasteiger partial charge in [0.2, 0.25) is 0 Å². The van der Waals surface area contributed by atoms with E-state index in [-0.39, 0.29) is 11.8 Å². The van der Waals surface area contributed by atoms with E-state index in [0.717, 1.165) is 18.4 Å². The van der Waals surface area contributed by atoms with E-state index in [0.29, 0.717) is 29.7 Å². The van der Waals surface area contributed by atoms with Crippen LogP contribution >= 0.6 is 0 Å². The molecule has 29 heavy (non-hydrogen) atoms. The predicted octanol–water partition coefficient (Wildman–Crippen LogP) is 6.26. The zero-order valence-corrected chi connectivity index (χ0v) is 16.8. The second-order valence-corrected chi connectivity index (χ2v) is 7.13. The summed E-state index contributed by atoms with van der Waals surface area (Å²) in [7, 11) is 0. The Morgan fingerprint density at radius 3 is 2.45 bits per heavy atom. The third-order valence-electron chi connectivity index (χ3n) is 5.00. The van der Waals surface area contributed by atoms with Gasteiger partial charge in [-0.15, -0.1) is 0 Å². The molecule has 0 saturated carbocycles. The Kier molecular flexibility index (Phi) is 6.68. The van der Waals surface area contributed by atoms with E-state index in [4.69, 9.17) is 9.15 Å². The molecule has 3 nitrogen and oxygen atoms in total. The minimum atomic E-state index is -3.23. The maximum atomic E-state index is 15.2. The van der Waals surface area contributed by atoms with E-state index in [1.165, 1.54) is 0 Å². The van der Waals surface area contributed by atoms with Crippen LogP contribution in [-0.4, -0.2) is 6.61 Å². The van der Waals surface area contributed by atoms with Gasteiger partial charge in [0.1, 0.15) is 5.75 Å². The molecule has 0 aliphatic carbocycles. The van der Waals surface area contributed by atoms with Crippen molar-refractivity contribution >= 4 is 10.8 Å².